The van der Waals surface area contributed by atoms with Crippen molar-refractivity contribution in [3.63, 3.8) is 0 Å². The monoisotopic (exact) mass is 194 g/mol. The van der Waals surface area contributed by atoms with Crippen molar-refractivity contribution in [2.24, 2.45) is 0 Å². The Kier molecular flexibility index (Phi) is 3.65. The van der Waals surface area contributed by atoms with Gasteiger partial charge in [-0.2, -0.15) is 0 Å². The summed E-state index contributed by atoms with van der Waals surface area (Å²) >= 11 is 0. The number of hydrogen-bond acceptors (Lipinski definition) is 2. The molecule has 0 saturated heterocycles. The van der Waals surface area contributed by atoms with Gasteiger partial charge in [-0.3, -0.25) is 4.79 Å². The summed E-state index contributed by atoms with van der Waals surface area (Å²) < 4.78 is 0. The summed E-state index contributed by atoms with van der Waals surface area (Å²) in [6.45, 7) is 1.98. The van der Waals surface area contributed by atoms with Crippen LogP contribution >= 0.6 is 0 Å². The molecular weight excluding hydrogens is 180 g/mol. The van der Waals surface area contributed by atoms with Crippen molar-refractivity contribution >= 4 is 5.97 Å². The van der Waals surface area contributed by atoms with Gasteiger partial charge in [0.1, 0.15) is 0 Å². The van der Waals surface area contributed by atoms with Crippen LogP contribution in [-0.4, -0.2) is 16.2 Å². The molecule has 1 aromatic carbocycles. The molecule has 3 heteroatoms. The molecule has 0 bridgehead atoms. The standard InChI is InChI=1S/C11H14O3/c1-2-8-5-3-4-6-9(8)10(12)7-11(13)14/h3-6,10,12H,2,7H2,1H3,(H,13,14)/t10-/m0/s1. The lowest BCUT2D eigenvalue weighted by Crippen LogP contribution is -2.07. The molecule has 0 radical (unpaired) electrons. The molecule has 0 heterocycles. The highest BCUT2D eigenvalue weighted by molar-refractivity contribution is 5.67. The van der Waals surface area contributed by atoms with Crippen LogP contribution in [0.2, 0.25) is 0 Å². The van der Waals surface area contributed by atoms with Crippen molar-refractivity contribution in [1.82, 2.24) is 0 Å². The van der Waals surface area contributed by atoms with Gasteiger partial charge in [-0.1, -0.05) is 31.2 Å². The number of benzene rings is 1. The second-order valence-corrected chi connectivity index (χ2v) is 3.17. The quantitative estimate of drug-likeness (QED) is 0.767. The van der Waals surface area contributed by atoms with E-state index in [0.717, 1.165) is 17.5 Å². The fourth-order valence-electron chi connectivity index (χ4n) is 1.46. The van der Waals surface area contributed by atoms with Gasteiger partial charge in [-0.05, 0) is 17.5 Å². The zero-order chi connectivity index (χ0) is 10.6. The lowest BCUT2D eigenvalue weighted by molar-refractivity contribution is -0.139. The van der Waals surface area contributed by atoms with Crippen LogP contribution in [-0.2, 0) is 11.2 Å². The molecule has 0 aliphatic heterocycles. The summed E-state index contributed by atoms with van der Waals surface area (Å²) in [5.74, 6) is -0.983. The molecular formula is C11H14O3. The van der Waals surface area contributed by atoms with Crippen LogP contribution in [0.5, 0.6) is 0 Å². The van der Waals surface area contributed by atoms with E-state index in [1.165, 1.54) is 0 Å². The SMILES string of the molecule is CCc1ccccc1[C@@H](O)CC(=O)O. The average Bonchev–Trinajstić information content (AvgIpc) is 2.16. The molecule has 0 fully saturated rings. The molecule has 3 nitrogen and oxygen atoms in total. The highest BCUT2D eigenvalue weighted by atomic mass is 16.4. The zero-order valence-electron chi connectivity index (χ0n) is 8.10. The fraction of sp³-hybridized carbons (Fsp3) is 0.364. The summed E-state index contributed by atoms with van der Waals surface area (Å²) in [6.07, 6.45) is -0.340. The fourth-order valence-corrected chi connectivity index (χ4v) is 1.46. The number of carbonyl (C=O) groups is 1. The van der Waals surface area contributed by atoms with Crippen molar-refractivity contribution in [2.75, 3.05) is 0 Å². The smallest absolute Gasteiger partial charge is 0.306 e. The molecule has 0 aromatic heterocycles. The minimum Gasteiger partial charge on any atom is -0.481 e. The van der Waals surface area contributed by atoms with Gasteiger partial charge in [0.05, 0.1) is 12.5 Å². The molecule has 0 spiro atoms. The minimum atomic E-state index is -0.983. The third-order valence-corrected chi connectivity index (χ3v) is 2.16. The largest absolute Gasteiger partial charge is 0.481 e. The highest BCUT2D eigenvalue weighted by Gasteiger charge is 2.14. The molecule has 76 valence electrons. The first-order valence-corrected chi connectivity index (χ1v) is 4.62. The normalized spacial score (nSPS) is 12.4. The maximum atomic E-state index is 10.4. The third-order valence-electron chi connectivity index (χ3n) is 2.16. The first-order valence-electron chi connectivity index (χ1n) is 4.62. The number of aliphatic hydroxyl groups excluding tert-OH is 1. The molecule has 0 amide bonds. The Morgan fingerprint density at radius 1 is 1.43 bits per heavy atom. The summed E-state index contributed by atoms with van der Waals surface area (Å²) in [7, 11) is 0. The van der Waals surface area contributed by atoms with Gasteiger partial charge in [0.2, 0.25) is 0 Å². The van der Waals surface area contributed by atoms with Gasteiger partial charge in [-0.15, -0.1) is 0 Å². The Balaban J connectivity index is 2.87. The number of hydrogen-bond donors (Lipinski definition) is 2. The Bertz CT molecular complexity index is 320. The Hall–Kier alpha value is -1.35. The lowest BCUT2D eigenvalue weighted by Gasteiger charge is -2.12. The van der Waals surface area contributed by atoms with Crippen LogP contribution in [0.1, 0.15) is 30.6 Å². The molecule has 0 saturated carbocycles. The van der Waals surface area contributed by atoms with Crippen LogP contribution in [0, 0.1) is 0 Å². The van der Waals surface area contributed by atoms with E-state index in [1.54, 1.807) is 12.1 Å². The summed E-state index contributed by atoms with van der Waals surface area (Å²) in [5.41, 5.74) is 1.72. The molecule has 1 aromatic rings. The average molecular weight is 194 g/mol. The van der Waals surface area contributed by atoms with Gasteiger partial charge < -0.3 is 10.2 Å². The predicted molar refractivity (Wildman–Crippen MR) is 53.0 cm³/mol. The maximum Gasteiger partial charge on any atom is 0.306 e. The van der Waals surface area contributed by atoms with Gasteiger partial charge in [0.15, 0.2) is 0 Å². The van der Waals surface area contributed by atoms with Crippen molar-refractivity contribution in [2.45, 2.75) is 25.9 Å². The summed E-state index contributed by atoms with van der Waals surface area (Å²) in [4.78, 5) is 10.4. The van der Waals surface area contributed by atoms with Gasteiger partial charge >= 0.3 is 5.97 Å². The van der Waals surface area contributed by atoms with E-state index >= 15 is 0 Å². The van der Waals surface area contributed by atoms with Crippen LogP contribution in [0.4, 0.5) is 0 Å². The summed E-state index contributed by atoms with van der Waals surface area (Å²) in [5, 5.41) is 18.2. The lowest BCUT2D eigenvalue weighted by atomic mass is 9.99. The Labute approximate surface area is 83.0 Å². The number of aliphatic hydroxyl groups is 1. The van der Waals surface area contributed by atoms with Gasteiger partial charge in [0, 0.05) is 0 Å². The first-order chi connectivity index (χ1) is 6.65. The Morgan fingerprint density at radius 2 is 2.07 bits per heavy atom. The van der Waals surface area contributed by atoms with Crippen molar-refractivity contribution in [1.29, 1.82) is 0 Å². The number of rotatable bonds is 4. The predicted octanol–water partition coefficient (Wildman–Crippen LogP) is 1.76. The molecule has 14 heavy (non-hydrogen) atoms. The summed E-state index contributed by atoms with van der Waals surface area (Å²) in [6, 6.07) is 7.36. The van der Waals surface area contributed by atoms with Gasteiger partial charge in [0.25, 0.3) is 0 Å². The van der Waals surface area contributed by atoms with E-state index in [-0.39, 0.29) is 6.42 Å². The number of aryl methyl sites for hydroxylation is 1. The topological polar surface area (TPSA) is 57.5 Å². The highest BCUT2D eigenvalue weighted by Crippen LogP contribution is 2.21. The molecule has 1 rings (SSSR count). The van der Waals surface area contributed by atoms with Gasteiger partial charge in [-0.25, -0.2) is 0 Å². The number of aliphatic carboxylic acids is 1. The van der Waals surface area contributed by atoms with E-state index in [1.807, 2.05) is 19.1 Å². The molecule has 0 aliphatic rings. The zero-order valence-corrected chi connectivity index (χ0v) is 8.10. The molecule has 0 unspecified atom stereocenters. The number of carboxylic acids is 1. The van der Waals surface area contributed by atoms with Crippen LogP contribution in [0.3, 0.4) is 0 Å². The van der Waals surface area contributed by atoms with Crippen LogP contribution in [0.15, 0.2) is 24.3 Å². The van der Waals surface area contributed by atoms with Crippen molar-refractivity contribution < 1.29 is 15.0 Å². The molecule has 2 N–H and O–H groups in total. The maximum absolute atomic E-state index is 10.4. The van der Waals surface area contributed by atoms with E-state index in [2.05, 4.69) is 0 Å². The van der Waals surface area contributed by atoms with Crippen molar-refractivity contribution in [3.05, 3.63) is 35.4 Å². The van der Waals surface area contributed by atoms with E-state index < -0.39 is 12.1 Å². The second kappa shape index (κ2) is 4.77. The number of carboxylic acid groups (broad SMARTS) is 1. The second-order valence-electron chi connectivity index (χ2n) is 3.17. The third kappa shape index (κ3) is 2.57. The van der Waals surface area contributed by atoms with E-state index in [4.69, 9.17) is 5.11 Å². The van der Waals surface area contributed by atoms with Crippen LogP contribution in [0.25, 0.3) is 0 Å². The van der Waals surface area contributed by atoms with E-state index in [9.17, 15) is 9.90 Å². The van der Waals surface area contributed by atoms with Crippen LogP contribution < -0.4 is 0 Å². The first kappa shape index (κ1) is 10.7. The van der Waals surface area contributed by atoms with Crippen molar-refractivity contribution in [3.8, 4) is 0 Å². The Morgan fingerprint density at radius 3 is 2.64 bits per heavy atom. The van der Waals surface area contributed by atoms with E-state index in [0.29, 0.717) is 0 Å². The minimum absolute atomic E-state index is 0.239. The molecule has 1 atom stereocenters. The molecule has 0 aliphatic carbocycles.